The second-order valence-corrected chi connectivity index (χ2v) is 14.3. The Morgan fingerprint density at radius 3 is 1.81 bits per heavy atom. The number of fused-ring (bicyclic) bond motifs is 4. The molecule has 7 atom stereocenters. The van der Waals surface area contributed by atoms with Gasteiger partial charge in [-0.1, -0.05) is 12.8 Å². The van der Waals surface area contributed by atoms with Gasteiger partial charge in [0, 0.05) is 0 Å². The molecule has 0 aliphatic heterocycles. The van der Waals surface area contributed by atoms with Crippen LogP contribution in [-0.2, 0) is 17.0 Å². The molecule has 1 nitrogen and oxygen atoms in total. The molecule has 4 heteroatoms. The molecule has 0 amide bonds. The summed E-state index contributed by atoms with van der Waals surface area (Å²) in [5, 5.41) is 0. The topological polar surface area (TPSA) is 3.24 Å². The normalized spacial score (nSPS) is 32.6. The van der Waals surface area contributed by atoms with E-state index in [9.17, 15) is 0 Å². The third-order valence-corrected chi connectivity index (χ3v) is 12.5. The first kappa shape index (κ1) is 23.4. The van der Waals surface area contributed by atoms with Crippen molar-refractivity contribution in [2.75, 3.05) is 19.0 Å². The van der Waals surface area contributed by atoms with Gasteiger partial charge in [0.1, 0.15) is 0 Å². The second kappa shape index (κ2) is 10.5. The zero-order valence-corrected chi connectivity index (χ0v) is 22.7. The predicted octanol–water partition coefficient (Wildman–Crippen LogP) is 7.32. The molecule has 0 aromatic heterocycles. The van der Waals surface area contributed by atoms with Crippen molar-refractivity contribution in [3.8, 4) is 11.1 Å². The first-order chi connectivity index (χ1) is 15.6. The van der Waals surface area contributed by atoms with Crippen LogP contribution in [0.1, 0.15) is 51.4 Å². The Balaban J connectivity index is 0.000000136. The van der Waals surface area contributed by atoms with E-state index in [-0.39, 0.29) is 17.0 Å². The van der Waals surface area contributed by atoms with Gasteiger partial charge < -0.3 is 0 Å². The summed E-state index contributed by atoms with van der Waals surface area (Å²) in [7, 11) is 11.5. The number of anilines is 1. The Labute approximate surface area is 209 Å². The summed E-state index contributed by atoms with van der Waals surface area (Å²) >= 11 is 0.105. The Bertz CT molecular complexity index is 892. The fraction of sp³-hybridized carbons (Fsp3) is 0.571. The number of halogens is 1. The van der Waals surface area contributed by atoms with Crippen LogP contribution in [0.15, 0.2) is 48.5 Å². The summed E-state index contributed by atoms with van der Waals surface area (Å²) in [5.41, 5.74) is 6.10. The minimum absolute atomic E-state index is 0.105. The van der Waals surface area contributed by atoms with Crippen LogP contribution in [0, 0.1) is 23.7 Å². The fourth-order valence-electron chi connectivity index (χ4n) is 6.98. The van der Waals surface area contributed by atoms with Gasteiger partial charge in [-0.2, -0.15) is 0 Å². The SMILES string of the molecule is C1C[C@@H]2C[C@H]1CC2PC1C[C@@H]2CC[C@H]1C2.CN(C)c1ccccc1-c1cccc[c]1[Pd][Cl]. The van der Waals surface area contributed by atoms with Crippen molar-refractivity contribution in [3.05, 3.63) is 48.5 Å². The molecule has 3 unspecified atom stereocenters. The third kappa shape index (κ3) is 5.01. The van der Waals surface area contributed by atoms with Gasteiger partial charge in [-0.25, -0.2) is 0 Å². The second-order valence-electron chi connectivity index (χ2n) is 10.6. The molecule has 0 saturated heterocycles. The van der Waals surface area contributed by atoms with Crippen molar-refractivity contribution >= 4 is 27.8 Å². The monoisotopic (exact) mass is 559 g/mol. The van der Waals surface area contributed by atoms with Gasteiger partial charge in [-0.15, -0.1) is 8.58 Å². The molecule has 0 radical (unpaired) electrons. The van der Waals surface area contributed by atoms with Gasteiger partial charge in [-0.3, -0.25) is 0 Å². The van der Waals surface area contributed by atoms with Gasteiger partial charge in [0.05, 0.1) is 0 Å². The molecule has 176 valence electrons. The van der Waals surface area contributed by atoms with Crippen LogP contribution in [0.5, 0.6) is 0 Å². The number of para-hydroxylation sites is 1. The fourth-order valence-corrected chi connectivity index (χ4v) is 11.0. The molecule has 4 aliphatic rings. The summed E-state index contributed by atoms with van der Waals surface area (Å²) in [6.07, 6.45) is 12.9. The Morgan fingerprint density at radius 2 is 1.31 bits per heavy atom. The summed E-state index contributed by atoms with van der Waals surface area (Å²) < 4.78 is 1.22. The molecule has 4 aliphatic carbocycles. The molecule has 4 bridgehead atoms. The standard InChI is InChI=1S/C14H14N.C14H23P.ClH.Pd/c1-15(2)14-11-7-6-10-13(14)12-8-4-3-5-9-12;1-3-11-5-9(1)7-13(11)15-14-8-10-2-4-12(14)6-10;;/h3-8,10-11H,1-2H3;9-15H,1-8H2;1H;/q;;;+1/p-1/t;9-,10+,11+,12-,13?,14?;;. The number of nitrogens with zero attached hydrogens (tertiary/aromatic N) is 1. The van der Waals surface area contributed by atoms with E-state index in [1.54, 1.807) is 51.4 Å². The van der Waals surface area contributed by atoms with Crippen molar-refractivity contribution in [2.45, 2.75) is 62.7 Å². The zero-order chi connectivity index (χ0) is 22.1. The van der Waals surface area contributed by atoms with Crippen molar-refractivity contribution < 1.29 is 17.0 Å². The van der Waals surface area contributed by atoms with E-state index in [1.807, 2.05) is 6.07 Å². The van der Waals surface area contributed by atoms with Gasteiger partial charge in [0.2, 0.25) is 0 Å². The van der Waals surface area contributed by atoms with Gasteiger partial charge >= 0.3 is 115 Å². The van der Waals surface area contributed by atoms with E-state index in [0.29, 0.717) is 0 Å². The maximum atomic E-state index is 6.05. The number of rotatable bonds is 5. The van der Waals surface area contributed by atoms with Gasteiger partial charge in [-0.05, 0) is 73.5 Å². The summed E-state index contributed by atoms with van der Waals surface area (Å²) in [5.74, 6) is 4.72. The molecule has 0 spiro atoms. The molecule has 0 heterocycles. The first-order valence-electron chi connectivity index (χ1n) is 12.4. The van der Waals surface area contributed by atoms with E-state index >= 15 is 0 Å². The zero-order valence-electron chi connectivity index (χ0n) is 19.4. The van der Waals surface area contributed by atoms with E-state index in [1.165, 1.54) is 64.4 Å². The quantitative estimate of drug-likeness (QED) is 0.274. The van der Waals surface area contributed by atoms with E-state index in [2.05, 4.69) is 61.5 Å². The van der Waals surface area contributed by atoms with Crippen LogP contribution >= 0.6 is 18.1 Å². The molecule has 6 rings (SSSR count). The van der Waals surface area contributed by atoms with Crippen molar-refractivity contribution in [1.29, 1.82) is 0 Å². The number of hydrogen-bond acceptors (Lipinski definition) is 1. The Morgan fingerprint density at radius 1 is 0.750 bits per heavy atom. The van der Waals surface area contributed by atoms with E-state index in [4.69, 9.17) is 9.53 Å². The Hall–Kier alpha value is -0.378. The predicted molar refractivity (Wildman–Crippen MR) is 138 cm³/mol. The molecule has 0 N–H and O–H groups in total. The molecular weight excluding hydrogens is 523 g/mol. The Kier molecular flexibility index (Phi) is 7.66. The first-order valence-corrected chi connectivity index (χ1v) is 16.4. The van der Waals surface area contributed by atoms with Crippen LogP contribution in [0.3, 0.4) is 0 Å². The van der Waals surface area contributed by atoms with Crippen LogP contribution in [-0.4, -0.2) is 25.4 Å². The summed E-state index contributed by atoms with van der Waals surface area (Å²) in [6.45, 7) is 0. The van der Waals surface area contributed by atoms with E-state index in [0.717, 1.165) is 0 Å². The number of hydrogen-bond donors (Lipinski definition) is 0. The summed E-state index contributed by atoms with van der Waals surface area (Å²) in [6, 6.07) is 16.7. The van der Waals surface area contributed by atoms with E-state index < -0.39 is 0 Å². The molecule has 32 heavy (non-hydrogen) atoms. The van der Waals surface area contributed by atoms with Gasteiger partial charge in [0.25, 0.3) is 0 Å². The van der Waals surface area contributed by atoms with Crippen LogP contribution < -0.4 is 8.94 Å². The maximum absolute atomic E-state index is 6.05. The van der Waals surface area contributed by atoms with Crippen LogP contribution in [0.25, 0.3) is 11.1 Å². The average molecular weight is 560 g/mol. The van der Waals surface area contributed by atoms with Crippen LogP contribution in [0.4, 0.5) is 5.69 Å². The minimum atomic E-state index is 0.105. The molecule has 4 saturated carbocycles. The van der Waals surface area contributed by atoms with Crippen molar-refractivity contribution in [2.24, 2.45) is 23.7 Å². The third-order valence-electron chi connectivity index (χ3n) is 8.49. The molecular formula is C28H37ClNPPd. The molecule has 4 fully saturated rings. The average Bonchev–Trinajstić information content (AvgIpc) is 3.62. The van der Waals surface area contributed by atoms with Crippen molar-refractivity contribution in [1.82, 2.24) is 0 Å². The molecule has 2 aromatic carbocycles. The van der Waals surface area contributed by atoms with Crippen molar-refractivity contribution in [3.63, 3.8) is 0 Å². The number of benzene rings is 2. The van der Waals surface area contributed by atoms with Crippen LogP contribution in [0.2, 0.25) is 0 Å². The summed E-state index contributed by atoms with van der Waals surface area (Å²) in [4.78, 5) is 2.13. The van der Waals surface area contributed by atoms with Gasteiger partial charge in [0.15, 0.2) is 0 Å². The molecule has 2 aromatic rings.